The van der Waals surface area contributed by atoms with Gasteiger partial charge in [0.25, 0.3) is 5.91 Å². The Kier molecular flexibility index (Phi) is 5.21. The zero-order valence-corrected chi connectivity index (χ0v) is 13.9. The van der Waals surface area contributed by atoms with Crippen molar-refractivity contribution in [3.05, 3.63) is 45.7 Å². The summed E-state index contributed by atoms with van der Waals surface area (Å²) in [4.78, 5) is 20.4. The number of amides is 1. The van der Waals surface area contributed by atoms with Crippen molar-refractivity contribution >= 4 is 35.1 Å². The molecule has 1 heterocycles. The van der Waals surface area contributed by atoms with Crippen LogP contribution >= 0.6 is 23.2 Å². The van der Waals surface area contributed by atoms with Crippen LogP contribution in [0.15, 0.2) is 24.3 Å². The molecule has 5 nitrogen and oxygen atoms in total. The number of rotatable bonds is 4. The van der Waals surface area contributed by atoms with Gasteiger partial charge in [0.1, 0.15) is 5.75 Å². The molecule has 0 aliphatic heterocycles. The summed E-state index contributed by atoms with van der Waals surface area (Å²) in [5.41, 5.74) is 1.55. The molecule has 0 bridgehead atoms. The Morgan fingerprint density at radius 3 is 2.41 bits per heavy atom. The smallest absolute Gasteiger partial charge is 0.267 e. The number of ether oxygens (including phenoxy) is 1. The zero-order chi connectivity index (χ0) is 16.3. The van der Waals surface area contributed by atoms with Crippen molar-refractivity contribution in [1.29, 1.82) is 0 Å². The van der Waals surface area contributed by atoms with Crippen molar-refractivity contribution in [3.63, 3.8) is 0 Å². The van der Waals surface area contributed by atoms with Gasteiger partial charge in [-0.1, -0.05) is 23.2 Å². The first-order valence-corrected chi connectivity index (χ1v) is 7.35. The number of aryl methyl sites for hydroxylation is 2. The second-order valence-corrected chi connectivity index (χ2v) is 5.64. The molecule has 0 saturated heterocycles. The SMILES string of the molecule is Cc1cc(C)nc(NC(=O)[C@@H](C)Oc2ccc(Cl)cc2Cl)n1. The van der Waals surface area contributed by atoms with Crippen molar-refractivity contribution in [2.24, 2.45) is 0 Å². The first-order valence-electron chi connectivity index (χ1n) is 6.60. The highest BCUT2D eigenvalue weighted by Crippen LogP contribution is 2.28. The quantitative estimate of drug-likeness (QED) is 0.919. The molecule has 0 fully saturated rings. The lowest BCUT2D eigenvalue weighted by atomic mass is 10.3. The van der Waals surface area contributed by atoms with Crippen molar-refractivity contribution in [1.82, 2.24) is 9.97 Å². The maximum absolute atomic E-state index is 12.1. The molecule has 22 heavy (non-hydrogen) atoms. The second kappa shape index (κ2) is 6.94. The number of carbonyl (C=O) groups excluding carboxylic acids is 1. The van der Waals surface area contributed by atoms with Crippen LogP contribution in [0, 0.1) is 13.8 Å². The summed E-state index contributed by atoms with van der Waals surface area (Å²) in [6.45, 7) is 5.28. The number of halogens is 2. The molecular formula is C15H15Cl2N3O2. The lowest BCUT2D eigenvalue weighted by Crippen LogP contribution is -2.31. The van der Waals surface area contributed by atoms with Crippen LogP contribution in [0.4, 0.5) is 5.95 Å². The van der Waals surface area contributed by atoms with Gasteiger partial charge in [0.05, 0.1) is 5.02 Å². The summed E-state index contributed by atoms with van der Waals surface area (Å²) < 4.78 is 5.54. The molecule has 0 spiro atoms. The van der Waals surface area contributed by atoms with E-state index < -0.39 is 6.10 Å². The molecule has 116 valence electrons. The van der Waals surface area contributed by atoms with Gasteiger partial charge in [-0.25, -0.2) is 9.97 Å². The van der Waals surface area contributed by atoms with E-state index in [-0.39, 0.29) is 11.9 Å². The lowest BCUT2D eigenvalue weighted by molar-refractivity contribution is -0.122. The van der Waals surface area contributed by atoms with Crippen LogP contribution in [-0.2, 0) is 4.79 Å². The number of hydrogen-bond donors (Lipinski definition) is 1. The third-order valence-corrected chi connectivity index (χ3v) is 3.31. The predicted molar refractivity (Wildman–Crippen MR) is 86.7 cm³/mol. The van der Waals surface area contributed by atoms with E-state index in [1.807, 2.05) is 19.9 Å². The molecule has 2 rings (SSSR count). The maximum atomic E-state index is 12.1. The number of benzene rings is 1. The Morgan fingerprint density at radius 1 is 1.18 bits per heavy atom. The number of aromatic nitrogens is 2. The van der Waals surface area contributed by atoms with Crippen LogP contribution in [0.2, 0.25) is 10.0 Å². The minimum absolute atomic E-state index is 0.250. The average molecular weight is 340 g/mol. The van der Waals surface area contributed by atoms with E-state index in [4.69, 9.17) is 27.9 Å². The van der Waals surface area contributed by atoms with Gasteiger partial charge < -0.3 is 4.74 Å². The van der Waals surface area contributed by atoms with E-state index in [1.165, 1.54) is 0 Å². The summed E-state index contributed by atoms with van der Waals surface area (Å²) in [6.07, 6.45) is -0.761. The van der Waals surface area contributed by atoms with E-state index in [0.29, 0.717) is 15.8 Å². The summed E-state index contributed by atoms with van der Waals surface area (Å²) in [7, 11) is 0. The summed E-state index contributed by atoms with van der Waals surface area (Å²) in [5.74, 6) is 0.270. The van der Waals surface area contributed by atoms with E-state index in [2.05, 4.69) is 15.3 Å². The number of nitrogens with zero attached hydrogens (tertiary/aromatic N) is 2. The second-order valence-electron chi connectivity index (χ2n) is 4.80. The largest absolute Gasteiger partial charge is 0.479 e. The summed E-state index contributed by atoms with van der Waals surface area (Å²) in [5, 5.41) is 3.46. The lowest BCUT2D eigenvalue weighted by Gasteiger charge is -2.15. The molecular weight excluding hydrogens is 325 g/mol. The highest BCUT2D eigenvalue weighted by Gasteiger charge is 2.17. The van der Waals surface area contributed by atoms with Crippen molar-refractivity contribution in [2.75, 3.05) is 5.32 Å². The Morgan fingerprint density at radius 2 is 1.82 bits per heavy atom. The summed E-state index contributed by atoms with van der Waals surface area (Å²) in [6, 6.07) is 6.63. The molecule has 1 aromatic carbocycles. The Labute approximate surface area is 138 Å². The third-order valence-electron chi connectivity index (χ3n) is 2.78. The third kappa shape index (κ3) is 4.32. The molecule has 1 N–H and O–H groups in total. The first kappa shape index (κ1) is 16.5. The van der Waals surface area contributed by atoms with Crippen LogP contribution < -0.4 is 10.1 Å². The number of anilines is 1. The van der Waals surface area contributed by atoms with Gasteiger partial charge in [0, 0.05) is 16.4 Å². The Hall–Kier alpha value is -1.85. The van der Waals surface area contributed by atoms with Crippen molar-refractivity contribution in [3.8, 4) is 5.75 Å². The fourth-order valence-electron chi connectivity index (χ4n) is 1.81. The minimum atomic E-state index is -0.761. The van der Waals surface area contributed by atoms with Gasteiger partial charge in [-0.2, -0.15) is 0 Å². The average Bonchev–Trinajstić information content (AvgIpc) is 2.40. The predicted octanol–water partition coefficient (Wildman–Crippen LogP) is 3.81. The highest BCUT2D eigenvalue weighted by atomic mass is 35.5. The van der Waals surface area contributed by atoms with Crippen LogP contribution in [0.1, 0.15) is 18.3 Å². The minimum Gasteiger partial charge on any atom is -0.479 e. The van der Waals surface area contributed by atoms with Crippen molar-refractivity contribution < 1.29 is 9.53 Å². The molecule has 1 aromatic heterocycles. The molecule has 0 aliphatic rings. The van der Waals surface area contributed by atoms with E-state index in [1.54, 1.807) is 25.1 Å². The van der Waals surface area contributed by atoms with Gasteiger partial charge in [-0.3, -0.25) is 10.1 Å². The fourth-order valence-corrected chi connectivity index (χ4v) is 2.26. The topological polar surface area (TPSA) is 64.1 Å². The van der Waals surface area contributed by atoms with Gasteiger partial charge in [-0.05, 0) is 45.0 Å². The van der Waals surface area contributed by atoms with Gasteiger partial charge >= 0.3 is 0 Å². The van der Waals surface area contributed by atoms with Gasteiger partial charge in [0.2, 0.25) is 5.95 Å². The Balaban J connectivity index is 2.05. The molecule has 0 unspecified atom stereocenters. The normalized spacial score (nSPS) is 11.9. The maximum Gasteiger partial charge on any atom is 0.267 e. The molecule has 7 heteroatoms. The van der Waals surface area contributed by atoms with Crippen LogP contribution in [0.5, 0.6) is 5.75 Å². The van der Waals surface area contributed by atoms with Crippen LogP contribution in [0.3, 0.4) is 0 Å². The van der Waals surface area contributed by atoms with Crippen LogP contribution in [-0.4, -0.2) is 22.0 Å². The molecule has 1 amide bonds. The van der Waals surface area contributed by atoms with E-state index in [0.717, 1.165) is 11.4 Å². The molecule has 0 saturated carbocycles. The number of hydrogen-bond acceptors (Lipinski definition) is 4. The molecule has 2 aromatic rings. The van der Waals surface area contributed by atoms with E-state index in [9.17, 15) is 4.79 Å². The van der Waals surface area contributed by atoms with Gasteiger partial charge in [-0.15, -0.1) is 0 Å². The molecule has 1 atom stereocenters. The standard InChI is InChI=1S/C15H15Cl2N3O2/c1-8-6-9(2)19-15(18-8)20-14(21)10(3)22-13-5-4-11(16)7-12(13)17/h4-7,10H,1-3H3,(H,18,19,20,21)/t10-/m1/s1. The molecule has 0 radical (unpaired) electrons. The first-order chi connectivity index (χ1) is 10.3. The number of carbonyl (C=O) groups is 1. The zero-order valence-electron chi connectivity index (χ0n) is 12.4. The fraction of sp³-hybridized carbons (Fsp3) is 0.267. The highest BCUT2D eigenvalue weighted by molar-refractivity contribution is 6.35. The van der Waals surface area contributed by atoms with Gasteiger partial charge in [0.15, 0.2) is 6.10 Å². The monoisotopic (exact) mass is 339 g/mol. The van der Waals surface area contributed by atoms with Crippen LogP contribution in [0.25, 0.3) is 0 Å². The van der Waals surface area contributed by atoms with Crippen molar-refractivity contribution in [2.45, 2.75) is 26.9 Å². The van der Waals surface area contributed by atoms with E-state index >= 15 is 0 Å². The summed E-state index contributed by atoms with van der Waals surface area (Å²) >= 11 is 11.8. The Bertz CT molecular complexity index is 687. The molecule has 0 aliphatic carbocycles. The number of nitrogens with one attached hydrogen (secondary N) is 1.